The van der Waals surface area contributed by atoms with Crippen LogP contribution in [0, 0.1) is 17.8 Å². The number of carbonyl (C=O) groups excluding carboxylic acids is 1. The van der Waals surface area contributed by atoms with Crippen molar-refractivity contribution in [2.45, 2.75) is 32.2 Å². The zero-order valence-corrected chi connectivity index (χ0v) is 8.12. The maximum Gasteiger partial charge on any atom is 0.223 e. The summed E-state index contributed by atoms with van der Waals surface area (Å²) in [6.45, 7) is 2.97. The Morgan fingerprint density at radius 3 is 2.54 bits per heavy atom. The summed E-state index contributed by atoms with van der Waals surface area (Å²) < 4.78 is 0. The van der Waals surface area contributed by atoms with Gasteiger partial charge in [-0.2, -0.15) is 0 Å². The Morgan fingerprint density at radius 1 is 1.46 bits per heavy atom. The molecule has 3 N–H and O–H groups in total. The predicted octanol–water partition coefficient (Wildman–Crippen LogP) is 0.496. The predicted molar refractivity (Wildman–Crippen MR) is 51.0 cm³/mol. The number of hydrogen-bond acceptors (Lipinski definition) is 2. The van der Waals surface area contributed by atoms with Gasteiger partial charge in [0.25, 0.3) is 0 Å². The molecular formula is C10H18N2O. The summed E-state index contributed by atoms with van der Waals surface area (Å²) in [5.41, 5.74) is 5.66. The minimum atomic E-state index is 0.257. The summed E-state index contributed by atoms with van der Waals surface area (Å²) in [5.74, 6) is 1.83. The topological polar surface area (TPSA) is 55.1 Å². The van der Waals surface area contributed by atoms with Crippen LogP contribution >= 0.6 is 0 Å². The van der Waals surface area contributed by atoms with Gasteiger partial charge in [-0.05, 0) is 31.1 Å². The van der Waals surface area contributed by atoms with Crippen molar-refractivity contribution in [1.82, 2.24) is 5.32 Å². The van der Waals surface area contributed by atoms with Crippen LogP contribution in [0.3, 0.4) is 0 Å². The fourth-order valence-electron chi connectivity index (χ4n) is 2.02. The van der Waals surface area contributed by atoms with Crippen molar-refractivity contribution >= 4 is 5.91 Å². The molecule has 2 aliphatic carbocycles. The third-order valence-electron chi connectivity index (χ3n) is 3.28. The molecular weight excluding hydrogens is 164 g/mol. The smallest absolute Gasteiger partial charge is 0.223 e. The van der Waals surface area contributed by atoms with Crippen molar-refractivity contribution < 1.29 is 4.79 Å². The van der Waals surface area contributed by atoms with Crippen LogP contribution in [0.2, 0.25) is 0 Å². The van der Waals surface area contributed by atoms with Gasteiger partial charge in [0.15, 0.2) is 0 Å². The average molecular weight is 182 g/mol. The Hall–Kier alpha value is -0.570. The summed E-state index contributed by atoms with van der Waals surface area (Å²) in [5, 5.41) is 3.00. The Balaban J connectivity index is 1.60. The van der Waals surface area contributed by atoms with E-state index in [9.17, 15) is 4.79 Å². The Morgan fingerprint density at radius 2 is 2.08 bits per heavy atom. The second-order valence-corrected chi connectivity index (χ2v) is 4.66. The van der Waals surface area contributed by atoms with Gasteiger partial charge in [0.2, 0.25) is 5.91 Å². The lowest BCUT2D eigenvalue weighted by Crippen LogP contribution is -2.43. The number of nitrogens with two attached hydrogens (primary N) is 1. The second kappa shape index (κ2) is 3.29. The molecule has 0 heterocycles. The molecule has 74 valence electrons. The normalized spacial score (nSPS) is 42.3. The first-order valence-corrected chi connectivity index (χ1v) is 5.20. The lowest BCUT2D eigenvalue weighted by atomic mass is 9.81. The van der Waals surface area contributed by atoms with Crippen LogP contribution in [0.25, 0.3) is 0 Å². The fourth-order valence-corrected chi connectivity index (χ4v) is 2.02. The number of nitrogens with one attached hydrogen (secondary N) is 1. The molecule has 0 radical (unpaired) electrons. The van der Waals surface area contributed by atoms with E-state index < -0.39 is 0 Å². The van der Waals surface area contributed by atoms with Gasteiger partial charge in [-0.15, -0.1) is 0 Å². The lowest BCUT2D eigenvalue weighted by molar-refractivity contribution is -0.122. The van der Waals surface area contributed by atoms with E-state index in [0.717, 1.165) is 25.8 Å². The molecule has 0 aromatic carbocycles. The van der Waals surface area contributed by atoms with Gasteiger partial charge >= 0.3 is 0 Å². The van der Waals surface area contributed by atoms with Gasteiger partial charge in [-0.3, -0.25) is 4.79 Å². The minimum Gasteiger partial charge on any atom is -0.356 e. The molecule has 0 aromatic rings. The molecule has 2 fully saturated rings. The first-order valence-electron chi connectivity index (χ1n) is 5.20. The summed E-state index contributed by atoms with van der Waals surface area (Å²) in [4.78, 5) is 11.4. The van der Waals surface area contributed by atoms with Crippen molar-refractivity contribution in [3.05, 3.63) is 0 Å². The zero-order valence-electron chi connectivity index (χ0n) is 8.12. The van der Waals surface area contributed by atoms with Crippen molar-refractivity contribution in [1.29, 1.82) is 0 Å². The number of carbonyl (C=O) groups is 1. The van der Waals surface area contributed by atoms with Gasteiger partial charge in [-0.25, -0.2) is 0 Å². The monoisotopic (exact) mass is 182 g/mol. The van der Waals surface area contributed by atoms with Crippen LogP contribution in [0.1, 0.15) is 26.2 Å². The third-order valence-corrected chi connectivity index (χ3v) is 3.28. The van der Waals surface area contributed by atoms with Crippen LogP contribution in [0.5, 0.6) is 0 Å². The summed E-state index contributed by atoms with van der Waals surface area (Å²) >= 11 is 0. The maximum absolute atomic E-state index is 11.4. The molecule has 3 nitrogen and oxygen atoms in total. The molecule has 2 saturated carbocycles. The molecule has 1 amide bonds. The van der Waals surface area contributed by atoms with Crippen molar-refractivity contribution in [3.63, 3.8) is 0 Å². The Bertz CT molecular complexity index is 211. The standard InChI is InChI=1S/C10H18N2O/c1-6-2-9(6)10(13)12-5-7-3-8(11)4-7/h6-9H,2-5,11H2,1H3,(H,12,13). The zero-order chi connectivity index (χ0) is 9.42. The summed E-state index contributed by atoms with van der Waals surface area (Å²) in [6, 6.07) is 0.391. The fraction of sp³-hybridized carbons (Fsp3) is 0.900. The quantitative estimate of drug-likeness (QED) is 0.667. The van der Waals surface area contributed by atoms with E-state index in [1.165, 1.54) is 0 Å². The lowest BCUT2D eigenvalue weighted by Gasteiger charge is -2.32. The Kier molecular flexibility index (Phi) is 2.28. The van der Waals surface area contributed by atoms with E-state index in [0.29, 0.717) is 23.8 Å². The van der Waals surface area contributed by atoms with Gasteiger partial charge in [-0.1, -0.05) is 6.92 Å². The molecule has 0 spiro atoms. The third kappa shape index (κ3) is 2.02. The van der Waals surface area contributed by atoms with Crippen LogP contribution in [0.4, 0.5) is 0 Å². The summed E-state index contributed by atoms with van der Waals surface area (Å²) in [6.07, 6.45) is 3.25. The van der Waals surface area contributed by atoms with Crippen LogP contribution in [0.15, 0.2) is 0 Å². The maximum atomic E-state index is 11.4. The highest BCUT2D eigenvalue weighted by Gasteiger charge is 2.39. The molecule has 0 aromatic heterocycles. The molecule has 3 heteroatoms. The van der Waals surface area contributed by atoms with Gasteiger partial charge < -0.3 is 11.1 Å². The summed E-state index contributed by atoms with van der Waals surface area (Å²) in [7, 11) is 0. The van der Waals surface area contributed by atoms with Gasteiger partial charge in [0.1, 0.15) is 0 Å². The highest BCUT2D eigenvalue weighted by Crippen LogP contribution is 2.37. The highest BCUT2D eigenvalue weighted by atomic mass is 16.2. The highest BCUT2D eigenvalue weighted by molar-refractivity contribution is 5.81. The van der Waals surface area contributed by atoms with Crippen LogP contribution < -0.4 is 11.1 Å². The molecule has 0 bridgehead atoms. The molecule has 2 aliphatic rings. The van der Waals surface area contributed by atoms with E-state index in [-0.39, 0.29) is 5.91 Å². The van der Waals surface area contributed by atoms with Crippen molar-refractivity contribution in [2.75, 3.05) is 6.54 Å². The Labute approximate surface area is 79.1 Å². The molecule has 0 aliphatic heterocycles. The molecule has 2 atom stereocenters. The van der Waals surface area contributed by atoms with Gasteiger partial charge in [0, 0.05) is 18.5 Å². The van der Waals surface area contributed by atoms with E-state index in [2.05, 4.69) is 12.2 Å². The molecule has 2 rings (SSSR count). The average Bonchev–Trinajstić information content (AvgIpc) is 2.73. The molecule has 2 unspecified atom stereocenters. The van der Waals surface area contributed by atoms with E-state index >= 15 is 0 Å². The number of amides is 1. The second-order valence-electron chi connectivity index (χ2n) is 4.66. The van der Waals surface area contributed by atoms with Crippen LogP contribution in [-0.2, 0) is 4.79 Å². The number of hydrogen-bond donors (Lipinski definition) is 2. The van der Waals surface area contributed by atoms with Crippen molar-refractivity contribution in [2.24, 2.45) is 23.5 Å². The minimum absolute atomic E-state index is 0.257. The van der Waals surface area contributed by atoms with Gasteiger partial charge in [0.05, 0.1) is 0 Å². The van der Waals surface area contributed by atoms with E-state index in [1.807, 2.05) is 0 Å². The van der Waals surface area contributed by atoms with Crippen LogP contribution in [-0.4, -0.2) is 18.5 Å². The number of rotatable bonds is 3. The first-order chi connectivity index (χ1) is 6.16. The molecule has 13 heavy (non-hydrogen) atoms. The largest absolute Gasteiger partial charge is 0.356 e. The van der Waals surface area contributed by atoms with E-state index in [1.54, 1.807) is 0 Å². The van der Waals surface area contributed by atoms with Crippen molar-refractivity contribution in [3.8, 4) is 0 Å². The SMILES string of the molecule is CC1CC1C(=O)NCC1CC(N)C1. The van der Waals surface area contributed by atoms with E-state index in [4.69, 9.17) is 5.73 Å². The molecule has 0 saturated heterocycles. The first kappa shape index (κ1) is 9.00.